The van der Waals surface area contributed by atoms with E-state index < -0.39 is 0 Å². The maximum absolute atomic E-state index is 11.8. The van der Waals surface area contributed by atoms with Crippen molar-refractivity contribution < 1.29 is 4.79 Å². The minimum atomic E-state index is 0.0785. The molecule has 1 aromatic rings. The summed E-state index contributed by atoms with van der Waals surface area (Å²) < 4.78 is 0. The van der Waals surface area contributed by atoms with E-state index in [0.717, 1.165) is 25.2 Å². The van der Waals surface area contributed by atoms with Crippen LogP contribution in [0.4, 0.5) is 0 Å². The number of nitrogens with one attached hydrogen (secondary N) is 2. The van der Waals surface area contributed by atoms with Crippen LogP contribution in [-0.2, 0) is 11.2 Å². The highest BCUT2D eigenvalue weighted by atomic mass is 16.1. The number of pyridine rings is 1. The van der Waals surface area contributed by atoms with Crippen LogP contribution in [0.3, 0.4) is 0 Å². The molecule has 0 bridgehead atoms. The molecular weight excluding hydrogens is 226 g/mol. The van der Waals surface area contributed by atoms with Gasteiger partial charge >= 0.3 is 0 Å². The van der Waals surface area contributed by atoms with Crippen molar-refractivity contribution in [2.24, 2.45) is 5.41 Å². The standard InChI is InChI=1S/C14H21N3O/c1-14(5-3-7-16-10-14)11-17-13(18)8-12-4-2-6-15-9-12/h2,4,6,9,16H,3,5,7-8,10-11H2,1H3,(H,17,18). The Kier molecular flexibility index (Phi) is 4.31. The molecule has 1 fully saturated rings. The highest BCUT2D eigenvalue weighted by Gasteiger charge is 2.26. The first-order valence-electron chi connectivity index (χ1n) is 6.54. The van der Waals surface area contributed by atoms with E-state index in [-0.39, 0.29) is 11.3 Å². The number of aromatic nitrogens is 1. The predicted octanol–water partition coefficient (Wildman–Crippen LogP) is 1.13. The van der Waals surface area contributed by atoms with Crippen molar-refractivity contribution in [2.45, 2.75) is 26.2 Å². The Bertz CT molecular complexity index is 385. The van der Waals surface area contributed by atoms with E-state index in [1.807, 2.05) is 12.1 Å². The van der Waals surface area contributed by atoms with Gasteiger partial charge in [-0.2, -0.15) is 0 Å². The van der Waals surface area contributed by atoms with Crippen LogP contribution < -0.4 is 10.6 Å². The second-order valence-corrected chi connectivity index (χ2v) is 5.41. The topological polar surface area (TPSA) is 54.0 Å². The molecule has 2 N–H and O–H groups in total. The quantitative estimate of drug-likeness (QED) is 0.838. The summed E-state index contributed by atoms with van der Waals surface area (Å²) in [7, 11) is 0. The molecule has 1 amide bonds. The lowest BCUT2D eigenvalue weighted by atomic mass is 9.83. The highest BCUT2D eigenvalue weighted by Crippen LogP contribution is 2.24. The van der Waals surface area contributed by atoms with Gasteiger partial charge in [-0.25, -0.2) is 0 Å². The Morgan fingerprint density at radius 3 is 3.17 bits per heavy atom. The Morgan fingerprint density at radius 1 is 1.61 bits per heavy atom. The number of hydrogen-bond acceptors (Lipinski definition) is 3. The average Bonchev–Trinajstić information content (AvgIpc) is 2.39. The average molecular weight is 247 g/mol. The van der Waals surface area contributed by atoms with Gasteiger partial charge in [-0.15, -0.1) is 0 Å². The normalized spacial score (nSPS) is 23.6. The first-order valence-corrected chi connectivity index (χ1v) is 6.54. The van der Waals surface area contributed by atoms with Crippen molar-refractivity contribution in [3.8, 4) is 0 Å². The molecule has 0 aromatic carbocycles. The van der Waals surface area contributed by atoms with E-state index >= 15 is 0 Å². The van der Waals surface area contributed by atoms with E-state index in [0.29, 0.717) is 6.42 Å². The molecule has 4 nitrogen and oxygen atoms in total. The van der Waals surface area contributed by atoms with Gasteiger partial charge in [-0.05, 0) is 36.4 Å². The van der Waals surface area contributed by atoms with Gasteiger partial charge in [0.05, 0.1) is 6.42 Å². The Balaban J connectivity index is 1.78. The largest absolute Gasteiger partial charge is 0.355 e. The fourth-order valence-corrected chi connectivity index (χ4v) is 2.33. The zero-order valence-corrected chi connectivity index (χ0v) is 10.9. The van der Waals surface area contributed by atoms with Crippen LogP contribution in [0.5, 0.6) is 0 Å². The third-order valence-electron chi connectivity index (χ3n) is 3.49. The van der Waals surface area contributed by atoms with Crippen LogP contribution in [-0.4, -0.2) is 30.5 Å². The van der Waals surface area contributed by atoms with E-state index in [2.05, 4.69) is 22.5 Å². The first-order chi connectivity index (χ1) is 8.68. The molecule has 98 valence electrons. The number of rotatable bonds is 4. The first kappa shape index (κ1) is 13.0. The SMILES string of the molecule is CC1(CNC(=O)Cc2cccnc2)CCCNC1. The van der Waals surface area contributed by atoms with Gasteiger partial charge < -0.3 is 10.6 Å². The van der Waals surface area contributed by atoms with Crippen LogP contribution in [0.25, 0.3) is 0 Å². The molecule has 2 heterocycles. The van der Waals surface area contributed by atoms with Crippen LogP contribution >= 0.6 is 0 Å². The maximum atomic E-state index is 11.8. The van der Waals surface area contributed by atoms with Gasteiger partial charge in [-0.1, -0.05) is 13.0 Å². The number of hydrogen-bond donors (Lipinski definition) is 2. The molecule has 1 aliphatic heterocycles. The van der Waals surface area contributed by atoms with Crippen LogP contribution in [0.15, 0.2) is 24.5 Å². The summed E-state index contributed by atoms with van der Waals surface area (Å²) in [5.41, 5.74) is 1.16. The third-order valence-corrected chi connectivity index (χ3v) is 3.49. The summed E-state index contributed by atoms with van der Waals surface area (Å²) >= 11 is 0. The predicted molar refractivity (Wildman–Crippen MR) is 71.2 cm³/mol. The number of carbonyl (C=O) groups excluding carboxylic acids is 1. The molecule has 18 heavy (non-hydrogen) atoms. The number of piperidine rings is 1. The van der Waals surface area contributed by atoms with Crippen molar-refractivity contribution in [3.05, 3.63) is 30.1 Å². The van der Waals surface area contributed by atoms with E-state index in [9.17, 15) is 4.79 Å². The fourth-order valence-electron chi connectivity index (χ4n) is 2.33. The Labute approximate surface area is 108 Å². The van der Waals surface area contributed by atoms with Crippen LogP contribution in [0, 0.1) is 5.41 Å². The molecule has 1 saturated heterocycles. The molecular formula is C14H21N3O. The summed E-state index contributed by atoms with van der Waals surface area (Å²) in [5, 5.41) is 6.42. The molecule has 0 radical (unpaired) electrons. The summed E-state index contributed by atoms with van der Waals surface area (Å²) in [6.07, 6.45) is 6.24. The third kappa shape index (κ3) is 3.81. The van der Waals surface area contributed by atoms with Crippen LogP contribution in [0.1, 0.15) is 25.3 Å². The van der Waals surface area contributed by atoms with Crippen molar-refractivity contribution in [1.82, 2.24) is 15.6 Å². The van der Waals surface area contributed by atoms with Crippen molar-refractivity contribution in [1.29, 1.82) is 0 Å². The summed E-state index contributed by atoms with van der Waals surface area (Å²) in [4.78, 5) is 15.8. The lowest BCUT2D eigenvalue weighted by Gasteiger charge is -2.34. The zero-order valence-electron chi connectivity index (χ0n) is 10.9. The van der Waals surface area contributed by atoms with Crippen molar-refractivity contribution >= 4 is 5.91 Å². The summed E-state index contributed by atoms with van der Waals surface area (Å²) in [6.45, 7) is 5.06. The number of nitrogens with zero attached hydrogens (tertiary/aromatic N) is 1. The molecule has 0 spiro atoms. The molecule has 0 saturated carbocycles. The molecule has 1 atom stereocenters. The molecule has 1 aromatic heterocycles. The lowest BCUT2D eigenvalue weighted by molar-refractivity contribution is -0.121. The minimum absolute atomic E-state index is 0.0785. The molecule has 0 aliphatic carbocycles. The molecule has 4 heteroatoms. The number of carbonyl (C=O) groups is 1. The van der Waals surface area contributed by atoms with E-state index in [4.69, 9.17) is 0 Å². The Morgan fingerprint density at radius 2 is 2.50 bits per heavy atom. The van der Waals surface area contributed by atoms with Gasteiger partial charge in [0.2, 0.25) is 5.91 Å². The van der Waals surface area contributed by atoms with Crippen molar-refractivity contribution in [3.63, 3.8) is 0 Å². The molecule has 1 unspecified atom stereocenters. The van der Waals surface area contributed by atoms with E-state index in [1.54, 1.807) is 12.4 Å². The summed E-state index contributed by atoms with van der Waals surface area (Å²) in [6, 6.07) is 3.78. The second kappa shape index (κ2) is 5.96. The minimum Gasteiger partial charge on any atom is -0.355 e. The van der Waals surface area contributed by atoms with Crippen molar-refractivity contribution in [2.75, 3.05) is 19.6 Å². The van der Waals surface area contributed by atoms with E-state index in [1.165, 1.54) is 12.8 Å². The monoisotopic (exact) mass is 247 g/mol. The molecule has 1 aliphatic rings. The smallest absolute Gasteiger partial charge is 0.224 e. The highest BCUT2D eigenvalue weighted by molar-refractivity contribution is 5.78. The van der Waals surface area contributed by atoms with Gasteiger partial charge in [-0.3, -0.25) is 9.78 Å². The van der Waals surface area contributed by atoms with Gasteiger partial charge in [0, 0.05) is 25.5 Å². The fraction of sp³-hybridized carbons (Fsp3) is 0.571. The lowest BCUT2D eigenvalue weighted by Crippen LogP contribution is -2.45. The van der Waals surface area contributed by atoms with Gasteiger partial charge in [0.1, 0.15) is 0 Å². The van der Waals surface area contributed by atoms with Gasteiger partial charge in [0.25, 0.3) is 0 Å². The molecule has 2 rings (SSSR count). The Hall–Kier alpha value is -1.42. The number of amides is 1. The maximum Gasteiger partial charge on any atom is 0.224 e. The summed E-state index contributed by atoms with van der Waals surface area (Å²) in [5.74, 6) is 0.0785. The van der Waals surface area contributed by atoms with Crippen LogP contribution in [0.2, 0.25) is 0 Å². The second-order valence-electron chi connectivity index (χ2n) is 5.41. The zero-order chi connectivity index (χ0) is 12.8. The van der Waals surface area contributed by atoms with Gasteiger partial charge in [0.15, 0.2) is 0 Å².